The van der Waals surface area contributed by atoms with Crippen LogP contribution in [0.15, 0.2) is 18.2 Å². The standard InChI is InChI=1S/C9H9FINO2/c10-6-1-2-8(7(11)5-6)12-4-3-9(13)14/h1-2,5,12H,3-4H2,(H,13,14). The van der Waals surface area contributed by atoms with E-state index in [2.05, 4.69) is 5.32 Å². The van der Waals surface area contributed by atoms with Crippen LogP contribution in [-0.2, 0) is 4.79 Å². The van der Waals surface area contributed by atoms with E-state index in [-0.39, 0.29) is 12.2 Å². The molecule has 0 aliphatic heterocycles. The van der Waals surface area contributed by atoms with Crippen molar-refractivity contribution in [3.05, 3.63) is 27.6 Å². The molecule has 0 aliphatic carbocycles. The van der Waals surface area contributed by atoms with Crippen molar-refractivity contribution in [1.82, 2.24) is 0 Å². The Bertz CT molecular complexity index is 344. The third kappa shape index (κ3) is 3.49. The molecule has 0 aromatic heterocycles. The fourth-order valence-corrected chi connectivity index (χ4v) is 1.60. The number of halogens is 2. The zero-order valence-corrected chi connectivity index (χ0v) is 9.42. The lowest BCUT2D eigenvalue weighted by Gasteiger charge is -2.06. The van der Waals surface area contributed by atoms with E-state index in [9.17, 15) is 9.18 Å². The van der Waals surface area contributed by atoms with Crippen LogP contribution in [0, 0.1) is 9.39 Å². The van der Waals surface area contributed by atoms with Crippen molar-refractivity contribution in [2.45, 2.75) is 6.42 Å². The van der Waals surface area contributed by atoms with Gasteiger partial charge in [-0.1, -0.05) is 0 Å². The Balaban J connectivity index is 2.55. The molecule has 0 saturated carbocycles. The fraction of sp³-hybridized carbons (Fsp3) is 0.222. The van der Waals surface area contributed by atoms with E-state index in [4.69, 9.17) is 5.11 Å². The molecule has 0 unspecified atom stereocenters. The highest BCUT2D eigenvalue weighted by molar-refractivity contribution is 14.1. The Morgan fingerprint density at radius 3 is 2.86 bits per heavy atom. The van der Waals surface area contributed by atoms with Crippen molar-refractivity contribution in [2.24, 2.45) is 0 Å². The molecule has 2 N–H and O–H groups in total. The van der Waals surface area contributed by atoms with Crippen LogP contribution in [0.5, 0.6) is 0 Å². The maximum atomic E-state index is 12.7. The first-order chi connectivity index (χ1) is 6.59. The fourth-order valence-electron chi connectivity index (χ4n) is 0.937. The Morgan fingerprint density at radius 1 is 1.57 bits per heavy atom. The summed E-state index contributed by atoms with van der Waals surface area (Å²) in [4.78, 5) is 10.2. The number of carboxylic acids is 1. The molecule has 0 aliphatic rings. The summed E-state index contributed by atoms with van der Waals surface area (Å²) < 4.78 is 13.4. The van der Waals surface area contributed by atoms with E-state index in [0.29, 0.717) is 6.54 Å². The number of hydrogen-bond donors (Lipinski definition) is 2. The number of carboxylic acid groups (broad SMARTS) is 1. The first-order valence-corrected chi connectivity index (χ1v) is 5.08. The van der Waals surface area contributed by atoms with Gasteiger partial charge < -0.3 is 10.4 Å². The van der Waals surface area contributed by atoms with Gasteiger partial charge in [0.2, 0.25) is 0 Å². The van der Waals surface area contributed by atoms with Gasteiger partial charge in [-0.2, -0.15) is 0 Å². The summed E-state index contributed by atoms with van der Waals surface area (Å²) in [5.74, 6) is -1.15. The third-order valence-corrected chi connectivity index (χ3v) is 2.48. The minimum Gasteiger partial charge on any atom is -0.481 e. The maximum absolute atomic E-state index is 12.7. The monoisotopic (exact) mass is 309 g/mol. The summed E-state index contributed by atoms with van der Waals surface area (Å²) in [5.41, 5.74) is 0.758. The second kappa shape index (κ2) is 5.14. The van der Waals surface area contributed by atoms with Crippen LogP contribution in [0.1, 0.15) is 6.42 Å². The van der Waals surface area contributed by atoms with Crippen LogP contribution >= 0.6 is 22.6 Å². The minimum atomic E-state index is -0.852. The predicted molar refractivity (Wildman–Crippen MR) is 59.9 cm³/mol. The van der Waals surface area contributed by atoms with Gasteiger partial charge in [-0.05, 0) is 40.8 Å². The van der Waals surface area contributed by atoms with E-state index in [0.717, 1.165) is 9.26 Å². The first-order valence-electron chi connectivity index (χ1n) is 4.00. The summed E-state index contributed by atoms with van der Waals surface area (Å²) >= 11 is 1.99. The number of anilines is 1. The second-order valence-corrected chi connectivity index (χ2v) is 3.86. The van der Waals surface area contributed by atoms with Crippen molar-refractivity contribution in [1.29, 1.82) is 0 Å². The second-order valence-electron chi connectivity index (χ2n) is 2.69. The van der Waals surface area contributed by atoms with Crippen LogP contribution in [0.25, 0.3) is 0 Å². The van der Waals surface area contributed by atoms with Crippen molar-refractivity contribution in [3.63, 3.8) is 0 Å². The zero-order valence-electron chi connectivity index (χ0n) is 7.26. The van der Waals surface area contributed by atoms with Gasteiger partial charge in [-0.3, -0.25) is 4.79 Å². The number of nitrogens with one attached hydrogen (secondary N) is 1. The molecule has 0 atom stereocenters. The van der Waals surface area contributed by atoms with Gasteiger partial charge >= 0.3 is 5.97 Å². The lowest BCUT2D eigenvalue weighted by atomic mass is 10.3. The summed E-state index contributed by atoms with van der Waals surface area (Å²) in [6.45, 7) is 0.344. The van der Waals surface area contributed by atoms with Gasteiger partial charge in [0.05, 0.1) is 6.42 Å². The van der Waals surface area contributed by atoms with E-state index in [1.807, 2.05) is 22.6 Å². The van der Waals surface area contributed by atoms with Gasteiger partial charge in [-0.25, -0.2) is 4.39 Å². The minimum absolute atomic E-state index is 0.0491. The molecule has 0 radical (unpaired) electrons. The van der Waals surface area contributed by atoms with Crippen molar-refractivity contribution < 1.29 is 14.3 Å². The molecular formula is C9H9FINO2. The molecule has 3 nitrogen and oxygen atoms in total. The average Bonchev–Trinajstić information content (AvgIpc) is 2.08. The largest absolute Gasteiger partial charge is 0.481 e. The molecule has 1 aromatic rings. The van der Waals surface area contributed by atoms with Crippen LogP contribution < -0.4 is 5.32 Å². The molecule has 76 valence electrons. The SMILES string of the molecule is O=C(O)CCNc1ccc(F)cc1I. The quantitative estimate of drug-likeness (QED) is 0.839. The lowest BCUT2D eigenvalue weighted by molar-refractivity contribution is -0.136. The van der Waals surface area contributed by atoms with Gasteiger partial charge in [0, 0.05) is 15.8 Å². The summed E-state index contributed by atoms with van der Waals surface area (Å²) in [6.07, 6.45) is 0.0491. The Hall–Kier alpha value is -0.850. The smallest absolute Gasteiger partial charge is 0.305 e. The molecular weight excluding hydrogens is 300 g/mol. The lowest BCUT2D eigenvalue weighted by Crippen LogP contribution is -2.08. The van der Waals surface area contributed by atoms with Gasteiger partial charge in [0.15, 0.2) is 0 Å². The van der Waals surface area contributed by atoms with Crippen molar-refractivity contribution in [3.8, 4) is 0 Å². The molecule has 0 spiro atoms. The third-order valence-electron chi connectivity index (χ3n) is 1.59. The van der Waals surface area contributed by atoms with Gasteiger partial charge in [0.25, 0.3) is 0 Å². The molecule has 0 amide bonds. The molecule has 1 aromatic carbocycles. The highest BCUT2D eigenvalue weighted by atomic mass is 127. The number of rotatable bonds is 4. The van der Waals surface area contributed by atoms with Crippen LogP contribution in [0.4, 0.5) is 10.1 Å². The highest BCUT2D eigenvalue weighted by Crippen LogP contribution is 2.18. The normalized spacial score (nSPS) is 9.86. The van der Waals surface area contributed by atoms with E-state index in [1.54, 1.807) is 6.07 Å². The Labute approximate surface area is 94.5 Å². The Morgan fingerprint density at radius 2 is 2.29 bits per heavy atom. The topological polar surface area (TPSA) is 49.3 Å². The molecule has 0 saturated heterocycles. The van der Waals surface area contributed by atoms with Crippen molar-refractivity contribution in [2.75, 3.05) is 11.9 Å². The molecule has 0 heterocycles. The summed E-state index contributed by atoms with van der Waals surface area (Å²) in [6, 6.07) is 4.33. The maximum Gasteiger partial charge on any atom is 0.305 e. The van der Waals surface area contributed by atoms with Crippen LogP contribution in [0.2, 0.25) is 0 Å². The molecule has 0 bridgehead atoms. The number of aliphatic carboxylic acids is 1. The number of benzene rings is 1. The average molecular weight is 309 g/mol. The molecule has 1 rings (SSSR count). The zero-order chi connectivity index (χ0) is 10.6. The van der Waals surface area contributed by atoms with E-state index >= 15 is 0 Å². The van der Waals surface area contributed by atoms with Crippen molar-refractivity contribution >= 4 is 34.2 Å². The van der Waals surface area contributed by atoms with E-state index in [1.165, 1.54) is 12.1 Å². The van der Waals surface area contributed by atoms with Crippen LogP contribution in [0.3, 0.4) is 0 Å². The number of carbonyl (C=O) groups is 1. The predicted octanol–water partition coefficient (Wildman–Crippen LogP) is 2.32. The highest BCUT2D eigenvalue weighted by Gasteiger charge is 2.01. The molecule has 5 heteroatoms. The van der Waals surface area contributed by atoms with Gasteiger partial charge in [0.1, 0.15) is 5.82 Å². The van der Waals surface area contributed by atoms with Gasteiger partial charge in [-0.15, -0.1) is 0 Å². The molecule has 14 heavy (non-hydrogen) atoms. The molecule has 0 fully saturated rings. The Kier molecular flexibility index (Phi) is 4.12. The summed E-state index contributed by atoms with van der Waals surface area (Å²) in [5, 5.41) is 11.3. The first kappa shape index (κ1) is 11.2. The number of hydrogen-bond acceptors (Lipinski definition) is 2. The van der Waals surface area contributed by atoms with Crippen LogP contribution in [-0.4, -0.2) is 17.6 Å². The van der Waals surface area contributed by atoms with E-state index < -0.39 is 5.97 Å². The summed E-state index contributed by atoms with van der Waals surface area (Å²) in [7, 11) is 0.